The van der Waals surface area contributed by atoms with Crippen molar-refractivity contribution >= 4 is 6.21 Å². The van der Waals surface area contributed by atoms with Crippen LogP contribution in [0.15, 0.2) is 29.3 Å². The van der Waals surface area contributed by atoms with Crippen molar-refractivity contribution in [3.05, 3.63) is 29.8 Å². The van der Waals surface area contributed by atoms with E-state index in [0.717, 1.165) is 11.5 Å². The van der Waals surface area contributed by atoms with Gasteiger partial charge in [-0.25, -0.2) is 0 Å². The van der Waals surface area contributed by atoms with Crippen molar-refractivity contribution < 1.29 is 5.11 Å². The van der Waals surface area contributed by atoms with Crippen molar-refractivity contribution in [2.45, 2.75) is 46.1 Å². The van der Waals surface area contributed by atoms with Gasteiger partial charge in [-0.1, -0.05) is 32.9 Å². The Morgan fingerprint density at radius 2 is 2.00 bits per heavy atom. The molecule has 2 saturated carbocycles. The van der Waals surface area contributed by atoms with Crippen LogP contribution in [0, 0.1) is 16.7 Å². The molecule has 0 unspecified atom stereocenters. The van der Waals surface area contributed by atoms with E-state index in [1.54, 1.807) is 6.07 Å². The number of aromatic hydroxyl groups is 1. The molecule has 3 rings (SSSR count). The normalized spacial score (nSPS) is 36.2. The highest BCUT2D eigenvalue weighted by Gasteiger charge is 2.61. The van der Waals surface area contributed by atoms with Crippen LogP contribution in [0.5, 0.6) is 5.75 Å². The van der Waals surface area contributed by atoms with E-state index >= 15 is 0 Å². The van der Waals surface area contributed by atoms with Crippen LogP contribution in [-0.2, 0) is 0 Å². The summed E-state index contributed by atoms with van der Waals surface area (Å²) in [4.78, 5) is 4.82. The smallest absolute Gasteiger partial charge is 0.124 e. The van der Waals surface area contributed by atoms with Gasteiger partial charge >= 0.3 is 0 Å². The summed E-state index contributed by atoms with van der Waals surface area (Å²) in [5, 5.41) is 9.79. The second-order valence-corrected chi connectivity index (χ2v) is 6.96. The van der Waals surface area contributed by atoms with Crippen LogP contribution in [0.2, 0.25) is 0 Å². The standard InChI is InChI=1S/C17H23NO/c1-16(2)13-8-9-17(16,3)15(10-13)18-11-12-6-4-5-7-14(12)19/h4-7,11,13,15,19H,8-10H2,1-3H3/t13-,15+,17-/m0/s1. The van der Waals surface area contributed by atoms with E-state index in [0.29, 0.717) is 22.6 Å². The van der Waals surface area contributed by atoms with Gasteiger partial charge in [0.15, 0.2) is 0 Å². The molecule has 19 heavy (non-hydrogen) atoms. The summed E-state index contributed by atoms with van der Waals surface area (Å²) in [7, 11) is 0. The lowest BCUT2D eigenvalue weighted by Gasteiger charge is -2.37. The van der Waals surface area contributed by atoms with E-state index in [-0.39, 0.29) is 0 Å². The molecule has 0 spiro atoms. The van der Waals surface area contributed by atoms with E-state index in [1.165, 1.54) is 19.3 Å². The topological polar surface area (TPSA) is 32.6 Å². The van der Waals surface area contributed by atoms with Gasteiger partial charge in [0.1, 0.15) is 5.75 Å². The summed E-state index contributed by atoms with van der Waals surface area (Å²) in [6, 6.07) is 7.82. The molecule has 1 aromatic rings. The van der Waals surface area contributed by atoms with Gasteiger partial charge in [0.2, 0.25) is 0 Å². The Kier molecular flexibility index (Phi) is 2.74. The summed E-state index contributed by atoms with van der Waals surface area (Å²) in [6.45, 7) is 7.20. The molecule has 2 bridgehead atoms. The fourth-order valence-corrected chi connectivity index (χ4v) is 4.15. The van der Waals surface area contributed by atoms with Gasteiger partial charge in [0.05, 0.1) is 6.04 Å². The summed E-state index contributed by atoms with van der Waals surface area (Å²) >= 11 is 0. The third kappa shape index (κ3) is 1.73. The van der Waals surface area contributed by atoms with Crippen LogP contribution in [0.4, 0.5) is 0 Å². The van der Waals surface area contributed by atoms with Gasteiger partial charge in [-0.2, -0.15) is 0 Å². The molecule has 1 aromatic carbocycles. The van der Waals surface area contributed by atoms with Gasteiger partial charge in [-0.3, -0.25) is 4.99 Å². The molecule has 2 aliphatic rings. The first-order valence-corrected chi connectivity index (χ1v) is 7.26. The average Bonchev–Trinajstić information content (AvgIpc) is 2.70. The van der Waals surface area contributed by atoms with E-state index in [9.17, 15) is 5.11 Å². The molecule has 102 valence electrons. The molecule has 0 heterocycles. The number of rotatable bonds is 2. The number of fused-ring (bicyclic) bond motifs is 2. The quantitative estimate of drug-likeness (QED) is 0.797. The van der Waals surface area contributed by atoms with Crippen molar-refractivity contribution in [3.63, 3.8) is 0 Å². The van der Waals surface area contributed by atoms with Crippen LogP contribution >= 0.6 is 0 Å². The lowest BCUT2D eigenvalue weighted by molar-refractivity contribution is 0.137. The van der Waals surface area contributed by atoms with Crippen molar-refractivity contribution in [3.8, 4) is 5.75 Å². The Bertz CT molecular complexity index is 520. The van der Waals surface area contributed by atoms with E-state index in [1.807, 2.05) is 24.4 Å². The Balaban J connectivity index is 1.85. The maximum atomic E-state index is 9.79. The van der Waals surface area contributed by atoms with Crippen LogP contribution in [-0.4, -0.2) is 17.4 Å². The summed E-state index contributed by atoms with van der Waals surface area (Å²) in [5.41, 5.74) is 1.54. The molecule has 0 aromatic heterocycles. The minimum atomic E-state index is 0.318. The maximum absolute atomic E-state index is 9.79. The van der Waals surface area contributed by atoms with Crippen molar-refractivity contribution in [1.82, 2.24) is 0 Å². The fraction of sp³-hybridized carbons (Fsp3) is 0.588. The van der Waals surface area contributed by atoms with Gasteiger partial charge in [0, 0.05) is 11.8 Å². The predicted octanol–water partition coefficient (Wildman–Crippen LogP) is 4.03. The molecule has 1 N–H and O–H groups in total. The number of hydrogen-bond acceptors (Lipinski definition) is 2. The van der Waals surface area contributed by atoms with Crippen molar-refractivity contribution in [1.29, 1.82) is 0 Å². The lowest BCUT2D eigenvalue weighted by Crippen LogP contribution is -2.34. The first kappa shape index (κ1) is 12.7. The molecular formula is C17H23NO. The zero-order valence-electron chi connectivity index (χ0n) is 12.1. The highest BCUT2D eigenvalue weighted by Crippen LogP contribution is 2.66. The lowest BCUT2D eigenvalue weighted by atomic mass is 9.69. The summed E-state index contributed by atoms with van der Waals surface area (Å²) in [5.74, 6) is 1.13. The molecule has 0 saturated heterocycles. The average molecular weight is 257 g/mol. The minimum absolute atomic E-state index is 0.318. The largest absolute Gasteiger partial charge is 0.507 e. The number of aliphatic imine (C=N–C) groups is 1. The maximum Gasteiger partial charge on any atom is 0.124 e. The van der Waals surface area contributed by atoms with E-state index in [4.69, 9.17) is 4.99 Å². The molecule has 3 atom stereocenters. The Morgan fingerprint density at radius 1 is 1.26 bits per heavy atom. The van der Waals surface area contributed by atoms with E-state index in [2.05, 4.69) is 20.8 Å². The highest BCUT2D eigenvalue weighted by atomic mass is 16.3. The zero-order valence-corrected chi connectivity index (χ0v) is 12.1. The van der Waals surface area contributed by atoms with Crippen LogP contribution in [0.3, 0.4) is 0 Å². The third-order valence-corrected chi connectivity index (χ3v) is 6.08. The molecule has 2 aliphatic carbocycles. The van der Waals surface area contributed by atoms with Crippen LogP contribution in [0.25, 0.3) is 0 Å². The Morgan fingerprint density at radius 3 is 2.58 bits per heavy atom. The van der Waals surface area contributed by atoms with E-state index < -0.39 is 0 Å². The molecule has 0 aliphatic heterocycles. The highest BCUT2D eigenvalue weighted by molar-refractivity contribution is 5.83. The molecule has 2 nitrogen and oxygen atoms in total. The third-order valence-electron chi connectivity index (χ3n) is 6.08. The Hall–Kier alpha value is -1.31. The van der Waals surface area contributed by atoms with Gasteiger partial charge in [-0.15, -0.1) is 0 Å². The minimum Gasteiger partial charge on any atom is -0.507 e. The monoisotopic (exact) mass is 257 g/mol. The number of hydrogen-bond donors (Lipinski definition) is 1. The summed E-state index contributed by atoms with van der Waals surface area (Å²) < 4.78 is 0. The predicted molar refractivity (Wildman–Crippen MR) is 78.7 cm³/mol. The second kappa shape index (κ2) is 4.09. The Labute approximate surface area is 115 Å². The summed E-state index contributed by atoms with van der Waals surface area (Å²) in [6.07, 6.45) is 5.70. The first-order chi connectivity index (χ1) is 8.95. The molecular weight excluding hydrogens is 234 g/mol. The van der Waals surface area contributed by atoms with Crippen LogP contribution < -0.4 is 0 Å². The molecule has 0 radical (unpaired) electrons. The first-order valence-electron chi connectivity index (χ1n) is 7.26. The molecule has 2 heteroatoms. The van der Waals surface area contributed by atoms with Gasteiger partial charge < -0.3 is 5.11 Å². The molecule has 0 amide bonds. The number of para-hydroxylation sites is 1. The SMILES string of the molecule is CC1(C)[C@H]2CC[C@@]1(C)[C@H](N=Cc1ccccc1O)C2. The number of phenolic OH excluding ortho intramolecular Hbond substituents is 1. The number of nitrogens with zero attached hydrogens (tertiary/aromatic N) is 1. The van der Waals surface area contributed by atoms with Crippen LogP contribution in [0.1, 0.15) is 45.6 Å². The zero-order chi connectivity index (χ0) is 13.7. The molecule has 2 fully saturated rings. The fourth-order valence-electron chi connectivity index (χ4n) is 4.15. The van der Waals surface area contributed by atoms with Crippen molar-refractivity contribution in [2.75, 3.05) is 0 Å². The second-order valence-electron chi connectivity index (χ2n) is 6.96. The number of benzene rings is 1. The van der Waals surface area contributed by atoms with Gasteiger partial charge in [0.25, 0.3) is 0 Å². The van der Waals surface area contributed by atoms with Gasteiger partial charge in [-0.05, 0) is 48.1 Å². The number of phenols is 1. The van der Waals surface area contributed by atoms with Crippen molar-refractivity contribution in [2.24, 2.45) is 21.7 Å².